The van der Waals surface area contributed by atoms with Crippen molar-refractivity contribution in [2.24, 2.45) is 0 Å². The monoisotopic (exact) mass is 362 g/mol. The number of aromatic nitrogens is 4. The van der Waals surface area contributed by atoms with Gasteiger partial charge in [-0.15, -0.1) is 0 Å². The number of hydrogen-bond acceptors (Lipinski definition) is 7. The van der Waals surface area contributed by atoms with Crippen LogP contribution < -0.4 is 16.4 Å². The van der Waals surface area contributed by atoms with E-state index in [2.05, 4.69) is 31.8 Å². The van der Waals surface area contributed by atoms with E-state index in [0.717, 1.165) is 22.9 Å². The van der Waals surface area contributed by atoms with Crippen LogP contribution in [0.3, 0.4) is 0 Å². The molecule has 0 spiro atoms. The van der Waals surface area contributed by atoms with E-state index >= 15 is 0 Å². The Hall–Kier alpha value is -3.67. The Bertz CT molecular complexity index is 1080. The number of rotatable bonds is 3. The first-order valence-electron chi connectivity index (χ1n) is 8.59. The molecule has 0 aromatic carbocycles. The van der Waals surface area contributed by atoms with Crippen molar-refractivity contribution >= 4 is 34.1 Å². The van der Waals surface area contributed by atoms with Gasteiger partial charge in [-0.1, -0.05) is 0 Å². The van der Waals surface area contributed by atoms with Gasteiger partial charge in [0.25, 0.3) is 0 Å². The molecule has 3 aromatic heterocycles. The van der Waals surface area contributed by atoms with E-state index in [1.54, 1.807) is 17.8 Å². The molecule has 4 N–H and O–H groups in total. The molecule has 0 unspecified atom stereocenters. The number of nitriles is 1. The lowest BCUT2D eigenvalue weighted by atomic mass is 10.1. The van der Waals surface area contributed by atoms with Gasteiger partial charge >= 0.3 is 0 Å². The number of nitrogen functional groups attached to an aromatic ring is 1. The standard InChI is InChI=1S/C18H18N8O/c1-10(7-19)14-4-11-5-15(22-8-13(11)18(20)23-14)24-16-6-12-2-3-21-17(27)9-26(12)25-16/h4-6,8,10H,2-3,9H2,1H3,(H2,20,23)(H,21,27)(H,22,24,25)/t10-/m0/s1. The number of fused-ring (bicyclic) bond motifs is 2. The average molecular weight is 362 g/mol. The highest BCUT2D eigenvalue weighted by molar-refractivity contribution is 5.92. The maximum atomic E-state index is 11.7. The summed E-state index contributed by atoms with van der Waals surface area (Å²) in [6.45, 7) is 2.59. The molecule has 27 heavy (non-hydrogen) atoms. The van der Waals surface area contributed by atoms with Crippen molar-refractivity contribution in [1.29, 1.82) is 5.26 Å². The molecule has 136 valence electrons. The lowest BCUT2D eigenvalue weighted by molar-refractivity contribution is -0.121. The predicted octanol–water partition coefficient (Wildman–Crippen LogP) is 1.45. The van der Waals surface area contributed by atoms with Crippen LogP contribution in [0.1, 0.15) is 24.2 Å². The SMILES string of the molecule is C[C@@H](C#N)c1cc2cc(Nc3cc4n(n3)CC(=O)NCC4)ncc2c(N)n1. The van der Waals surface area contributed by atoms with Crippen molar-refractivity contribution in [3.05, 3.63) is 35.8 Å². The fourth-order valence-corrected chi connectivity index (χ4v) is 3.06. The van der Waals surface area contributed by atoms with Crippen LogP contribution >= 0.6 is 0 Å². The van der Waals surface area contributed by atoms with Crippen LogP contribution in [0.4, 0.5) is 17.5 Å². The molecule has 9 heteroatoms. The molecular formula is C18H18N8O. The van der Waals surface area contributed by atoms with Crippen LogP contribution in [0.25, 0.3) is 10.8 Å². The summed E-state index contributed by atoms with van der Waals surface area (Å²) in [4.78, 5) is 20.3. The average Bonchev–Trinajstić information content (AvgIpc) is 2.92. The number of nitrogens with zero attached hydrogens (tertiary/aromatic N) is 5. The Kier molecular flexibility index (Phi) is 4.08. The normalized spacial score (nSPS) is 14.7. The first-order valence-corrected chi connectivity index (χ1v) is 8.59. The number of nitrogens with one attached hydrogen (secondary N) is 2. The highest BCUT2D eigenvalue weighted by Crippen LogP contribution is 2.26. The van der Waals surface area contributed by atoms with Gasteiger partial charge in [-0.3, -0.25) is 9.48 Å². The molecule has 4 rings (SSSR count). The Morgan fingerprint density at radius 3 is 3.04 bits per heavy atom. The fourth-order valence-electron chi connectivity index (χ4n) is 3.06. The zero-order valence-corrected chi connectivity index (χ0v) is 14.7. The maximum Gasteiger partial charge on any atom is 0.241 e. The number of anilines is 3. The summed E-state index contributed by atoms with van der Waals surface area (Å²) in [5.41, 5.74) is 7.62. The first-order chi connectivity index (χ1) is 13.0. The van der Waals surface area contributed by atoms with E-state index in [9.17, 15) is 4.79 Å². The fraction of sp³-hybridized carbons (Fsp3) is 0.278. The quantitative estimate of drug-likeness (QED) is 0.642. The molecule has 1 aliphatic rings. The van der Waals surface area contributed by atoms with E-state index in [1.165, 1.54) is 0 Å². The van der Waals surface area contributed by atoms with Gasteiger partial charge in [0.2, 0.25) is 5.91 Å². The Labute approximate surface area is 155 Å². The summed E-state index contributed by atoms with van der Waals surface area (Å²) < 4.78 is 1.69. The summed E-state index contributed by atoms with van der Waals surface area (Å²) >= 11 is 0. The zero-order valence-electron chi connectivity index (χ0n) is 14.7. The van der Waals surface area contributed by atoms with Crippen molar-refractivity contribution in [3.8, 4) is 6.07 Å². The van der Waals surface area contributed by atoms with Crippen molar-refractivity contribution in [3.63, 3.8) is 0 Å². The summed E-state index contributed by atoms with van der Waals surface area (Å²) in [6.07, 6.45) is 2.37. The van der Waals surface area contributed by atoms with Crippen molar-refractivity contribution in [1.82, 2.24) is 25.1 Å². The van der Waals surface area contributed by atoms with Crippen LogP contribution in [-0.2, 0) is 17.8 Å². The van der Waals surface area contributed by atoms with Gasteiger partial charge in [-0.2, -0.15) is 10.4 Å². The van der Waals surface area contributed by atoms with Gasteiger partial charge in [0.05, 0.1) is 17.7 Å². The third-order valence-electron chi connectivity index (χ3n) is 4.52. The van der Waals surface area contributed by atoms with Gasteiger partial charge in [0, 0.05) is 36.3 Å². The number of carbonyl (C=O) groups is 1. The molecule has 9 nitrogen and oxygen atoms in total. The molecule has 0 saturated heterocycles. The minimum absolute atomic E-state index is 0.0469. The molecule has 1 atom stereocenters. The van der Waals surface area contributed by atoms with E-state index in [4.69, 9.17) is 11.0 Å². The zero-order chi connectivity index (χ0) is 19.0. The molecule has 3 aromatic rings. The molecule has 0 saturated carbocycles. The van der Waals surface area contributed by atoms with Crippen LogP contribution in [0, 0.1) is 11.3 Å². The first kappa shape index (κ1) is 16.8. The molecule has 4 heterocycles. The highest BCUT2D eigenvalue weighted by Gasteiger charge is 2.16. The molecule has 0 fully saturated rings. The number of amides is 1. The summed E-state index contributed by atoms with van der Waals surface area (Å²) in [7, 11) is 0. The van der Waals surface area contributed by atoms with E-state index in [0.29, 0.717) is 29.7 Å². The van der Waals surface area contributed by atoms with Crippen LogP contribution in [0.5, 0.6) is 0 Å². The third-order valence-corrected chi connectivity index (χ3v) is 4.52. The second kappa shape index (κ2) is 6.57. The van der Waals surface area contributed by atoms with Crippen molar-refractivity contribution in [2.45, 2.75) is 25.8 Å². The van der Waals surface area contributed by atoms with Crippen LogP contribution in [0.2, 0.25) is 0 Å². The predicted molar refractivity (Wildman–Crippen MR) is 100 cm³/mol. The summed E-state index contributed by atoms with van der Waals surface area (Å²) in [6, 6.07) is 7.77. The number of pyridine rings is 2. The van der Waals surface area contributed by atoms with Crippen molar-refractivity contribution < 1.29 is 4.79 Å². The van der Waals surface area contributed by atoms with Crippen LogP contribution in [-0.4, -0.2) is 32.2 Å². The molecule has 0 bridgehead atoms. The topological polar surface area (TPSA) is 135 Å². The molecule has 0 radical (unpaired) electrons. The smallest absolute Gasteiger partial charge is 0.241 e. The Morgan fingerprint density at radius 1 is 1.37 bits per heavy atom. The second-order valence-electron chi connectivity index (χ2n) is 6.48. The molecular weight excluding hydrogens is 344 g/mol. The lowest BCUT2D eigenvalue weighted by Gasteiger charge is -2.09. The third kappa shape index (κ3) is 3.25. The van der Waals surface area contributed by atoms with Gasteiger partial charge in [-0.25, -0.2) is 9.97 Å². The number of carbonyl (C=O) groups excluding carboxylic acids is 1. The minimum atomic E-state index is -0.351. The number of nitrogens with two attached hydrogens (primary N) is 1. The van der Waals surface area contributed by atoms with Gasteiger partial charge in [-0.05, 0) is 24.4 Å². The van der Waals surface area contributed by atoms with Gasteiger partial charge in [0.1, 0.15) is 18.2 Å². The van der Waals surface area contributed by atoms with E-state index < -0.39 is 0 Å². The molecule has 0 aliphatic carbocycles. The van der Waals surface area contributed by atoms with Gasteiger partial charge in [0.15, 0.2) is 5.82 Å². The van der Waals surface area contributed by atoms with E-state index in [-0.39, 0.29) is 18.4 Å². The maximum absolute atomic E-state index is 11.7. The summed E-state index contributed by atoms with van der Waals surface area (Å²) in [5, 5.41) is 21.1. The lowest BCUT2D eigenvalue weighted by Crippen LogP contribution is -2.25. The van der Waals surface area contributed by atoms with Gasteiger partial charge < -0.3 is 16.4 Å². The highest BCUT2D eigenvalue weighted by atomic mass is 16.2. The number of hydrogen-bond donors (Lipinski definition) is 3. The van der Waals surface area contributed by atoms with Crippen LogP contribution in [0.15, 0.2) is 24.4 Å². The largest absolute Gasteiger partial charge is 0.383 e. The second-order valence-corrected chi connectivity index (χ2v) is 6.48. The molecule has 1 amide bonds. The van der Waals surface area contributed by atoms with E-state index in [1.807, 2.05) is 18.2 Å². The Balaban J connectivity index is 1.66. The minimum Gasteiger partial charge on any atom is -0.383 e. The molecule has 1 aliphatic heterocycles. The van der Waals surface area contributed by atoms with Crippen molar-refractivity contribution in [2.75, 3.05) is 17.6 Å². The summed E-state index contributed by atoms with van der Waals surface area (Å²) in [5.74, 6) is 1.18. The Morgan fingerprint density at radius 2 is 2.22 bits per heavy atom.